The Morgan fingerprint density at radius 1 is 1.43 bits per heavy atom. The molecule has 1 aromatic heterocycles. The molecular formula is C15H20N4O2. The molecule has 1 aliphatic heterocycles. The molecule has 2 heterocycles. The van der Waals surface area contributed by atoms with Gasteiger partial charge in [0.25, 0.3) is 0 Å². The predicted octanol–water partition coefficient (Wildman–Crippen LogP) is 0.925. The lowest BCUT2D eigenvalue weighted by atomic mass is 10.1. The second-order valence-electron chi connectivity index (χ2n) is 5.29. The minimum atomic E-state index is -0.520. The van der Waals surface area contributed by atoms with Gasteiger partial charge in [0.1, 0.15) is 17.9 Å². The van der Waals surface area contributed by atoms with E-state index in [1.54, 1.807) is 13.4 Å². The van der Waals surface area contributed by atoms with Crippen molar-refractivity contribution in [2.24, 2.45) is 0 Å². The second kappa shape index (κ2) is 6.24. The number of hydrogen-bond acceptors (Lipinski definition) is 5. The third-order valence-corrected chi connectivity index (χ3v) is 3.91. The molecule has 0 radical (unpaired) electrons. The lowest BCUT2D eigenvalue weighted by molar-refractivity contribution is 0.165. The number of nitrogens with zero attached hydrogens (tertiary/aromatic N) is 3. The molecule has 2 atom stereocenters. The molecule has 0 bridgehead atoms. The number of fused-ring (bicyclic) bond motifs is 1. The Kier molecular flexibility index (Phi) is 4.17. The molecule has 6 heteroatoms. The fourth-order valence-corrected chi connectivity index (χ4v) is 2.63. The maximum Gasteiger partial charge on any atom is 0.138 e. The van der Waals surface area contributed by atoms with Gasteiger partial charge in [-0.25, -0.2) is 9.67 Å². The van der Waals surface area contributed by atoms with Crippen LogP contribution in [0.3, 0.4) is 0 Å². The van der Waals surface area contributed by atoms with Crippen molar-refractivity contribution in [2.75, 3.05) is 13.7 Å². The zero-order valence-corrected chi connectivity index (χ0v) is 12.1. The highest BCUT2D eigenvalue weighted by molar-refractivity contribution is 5.28. The summed E-state index contributed by atoms with van der Waals surface area (Å²) in [5.74, 6) is 1.84. The van der Waals surface area contributed by atoms with E-state index in [1.807, 2.05) is 28.9 Å². The van der Waals surface area contributed by atoms with Crippen molar-refractivity contribution >= 4 is 0 Å². The molecule has 0 amide bonds. The first-order valence-electron chi connectivity index (χ1n) is 7.18. The minimum Gasteiger partial charge on any atom is -0.497 e. The number of aromatic nitrogens is 3. The number of aliphatic hydroxyl groups is 1. The van der Waals surface area contributed by atoms with Crippen molar-refractivity contribution in [2.45, 2.75) is 31.5 Å². The summed E-state index contributed by atoms with van der Waals surface area (Å²) in [6, 6.07) is 7.83. The average molecular weight is 288 g/mol. The van der Waals surface area contributed by atoms with Gasteiger partial charge in [-0.15, -0.1) is 0 Å². The van der Waals surface area contributed by atoms with Gasteiger partial charge in [0, 0.05) is 19.0 Å². The first kappa shape index (κ1) is 14.0. The number of aliphatic hydroxyl groups excluding tert-OH is 1. The maximum absolute atomic E-state index is 10.2. The molecule has 0 saturated heterocycles. The van der Waals surface area contributed by atoms with Crippen LogP contribution in [0.1, 0.15) is 23.9 Å². The van der Waals surface area contributed by atoms with Crippen LogP contribution in [-0.2, 0) is 13.0 Å². The van der Waals surface area contributed by atoms with Gasteiger partial charge in [-0.1, -0.05) is 12.1 Å². The zero-order chi connectivity index (χ0) is 14.7. The molecule has 0 saturated carbocycles. The summed E-state index contributed by atoms with van der Waals surface area (Å²) in [4.78, 5) is 4.21. The Balaban J connectivity index is 1.53. The number of rotatable bonds is 5. The number of benzene rings is 1. The van der Waals surface area contributed by atoms with Crippen LogP contribution in [0, 0.1) is 0 Å². The Morgan fingerprint density at radius 3 is 3.00 bits per heavy atom. The van der Waals surface area contributed by atoms with E-state index in [1.165, 1.54) is 0 Å². The molecule has 6 nitrogen and oxygen atoms in total. The van der Waals surface area contributed by atoms with Crippen LogP contribution in [0.4, 0.5) is 0 Å². The van der Waals surface area contributed by atoms with Crippen LogP contribution >= 0.6 is 0 Å². The Labute approximate surface area is 123 Å². The summed E-state index contributed by atoms with van der Waals surface area (Å²) < 4.78 is 7.05. The van der Waals surface area contributed by atoms with Crippen molar-refractivity contribution in [3.63, 3.8) is 0 Å². The Hall–Kier alpha value is -1.92. The van der Waals surface area contributed by atoms with E-state index in [4.69, 9.17) is 4.74 Å². The summed E-state index contributed by atoms with van der Waals surface area (Å²) >= 11 is 0. The van der Waals surface area contributed by atoms with Crippen molar-refractivity contribution in [3.8, 4) is 5.75 Å². The fourth-order valence-electron chi connectivity index (χ4n) is 2.63. The number of nitrogens with one attached hydrogen (secondary N) is 1. The molecule has 2 N–H and O–H groups in total. The minimum absolute atomic E-state index is 0.326. The zero-order valence-electron chi connectivity index (χ0n) is 12.1. The van der Waals surface area contributed by atoms with Crippen LogP contribution in [0.2, 0.25) is 0 Å². The fraction of sp³-hybridized carbons (Fsp3) is 0.467. The lowest BCUT2D eigenvalue weighted by Crippen LogP contribution is -2.39. The second-order valence-corrected chi connectivity index (χ2v) is 5.29. The third kappa shape index (κ3) is 3.22. The first-order chi connectivity index (χ1) is 10.3. The van der Waals surface area contributed by atoms with E-state index in [9.17, 15) is 5.11 Å². The van der Waals surface area contributed by atoms with E-state index >= 15 is 0 Å². The van der Waals surface area contributed by atoms with Crippen molar-refractivity contribution in [1.82, 2.24) is 20.1 Å². The number of methoxy groups -OCH3 is 1. The Morgan fingerprint density at radius 2 is 2.24 bits per heavy atom. The quantitative estimate of drug-likeness (QED) is 0.856. The van der Waals surface area contributed by atoms with Crippen LogP contribution in [0.25, 0.3) is 0 Å². The van der Waals surface area contributed by atoms with E-state index in [0.717, 1.165) is 36.5 Å². The van der Waals surface area contributed by atoms with E-state index < -0.39 is 6.10 Å². The molecule has 2 aromatic rings. The summed E-state index contributed by atoms with van der Waals surface area (Å²) in [6.45, 7) is 1.34. The van der Waals surface area contributed by atoms with Gasteiger partial charge in [0.2, 0.25) is 0 Å². The largest absolute Gasteiger partial charge is 0.497 e. The van der Waals surface area contributed by atoms with Gasteiger partial charge < -0.3 is 15.2 Å². The molecule has 0 unspecified atom stereocenters. The van der Waals surface area contributed by atoms with Crippen LogP contribution in [0.5, 0.6) is 5.75 Å². The molecule has 21 heavy (non-hydrogen) atoms. The normalized spacial score (nSPS) is 19.0. The molecule has 0 spiro atoms. The number of aryl methyl sites for hydroxylation is 1. The van der Waals surface area contributed by atoms with Gasteiger partial charge >= 0.3 is 0 Å². The molecule has 3 rings (SSSR count). The summed E-state index contributed by atoms with van der Waals surface area (Å²) in [5, 5.41) is 17.8. The molecular weight excluding hydrogens is 268 g/mol. The SMILES string of the molecule is COc1ccc([C@@H](O)CN[C@@H]2CCc3ncnn3C2)cc1. The summed E-state index contributed by atoms with van der Waals surface area (Å²) in [7, 11) is 1.63. The van der Waals surface area contributed by atoms with Gasteiger partial charge in [-0.3, -0.25) is 0 Å². The topological polar surface area (TPSA) is 72.2 Å². The highest BCUT2D eigenvalue weighted by Crippen LogP contribution is 2.18. The van der Waals surface area contributed by atoms with Crippen LogP contribution in [0.15, 0.2) is 30.6 Å². The predicted molar refractivity (Wildman–Crippen MR) is 78.1 cm³/mol. The first-order valence-corrected chi connectivity index (χ1v) is 7.18. The molecule has 0 fully saturated rings. The monoisotopic (exact) mass is 288 g/mol. The van der Waals surface area contributed by atoms with E-state index in [-0.39, 0.29) is 0 Å². The number of ether oxygens (including phenoxy) is 1. The van der Waals surface area contributed by atoms with Crippen LogP contribution < -0.4 is 10.1 Å². The standard InChI is InChI=1S/C15H20N4O2/c1-21-13-5-2-11(3-6-13)14(20)8-16-12-4-7-15-17-10-18-19(15)9-12/h2-3,5-6,10,12,14,16,20H,4,7-9H2,1H3/t12-,14+/m1/s1. The molecule has 1 aliphatic rings. The third-order valence-electron chi connectivity index (χ3n) is 3.91. The smallest absolute Gasteiger partial charge is 0.138 e. The van der Waals surface area contributed by atoms with Gasteiger partial charge in [0.05, 0.1) is 19.8 Å². The van der Waals surface area contributed by atoms with Crippen molar-refractivity contribution < 1.29 is 9.84 Å². The van der Waals surface area contributed by atoms with E-state index in [2.05, 4.69) is 15.4 Å². The summed E-state index contributed by atoms with van der Waals surface area (Å²) in [5.41, 5.74) is 0.889. The molecule has 0 aliphatic carbocycles. The average Bonchev–Trinajstić information content (AvgIpc) is 3.00. The van der Waals surface area contributed by atoms with Gasteiger partial charge in [-0.2, -0.15) is 5.10 Å². The molecule has 112 valence electrons. The number of hydrogen-bond donors (Lipinski definition) is 2. The maximum atomic E-state index is 10.2. The highest BCUT2D eigenvalue weighted by Gasteiger charge is 2.20. The van der Waals surface area contributed by atoms with Crippen LogP contribution in [-0.4, -0.2) is 39.6 Å². The van der Waals surface area contributed by atoms with Gasteiger partial charge in [-0.05, 0) is 24.1 Å². The Bertz CT molecular complexity index is 582. The summed E-state index contributed by atoms with van der Waals surface area (Å²) in [6.07, 6.45) is 3.03. The highest BCUT2D eigenvalue weighted by atomic mass is 16.5. The van der Waals surface area contributed by atoms with E-state index in [0.29, 0.717) is 12.6 Å². The van der Waals surface area contributed by atoms with Gasteiger partial charge in [0.15, 0.2) is 0 Å². The lowest BCUT2D eigenvalue weighted by Gasteiger charge is -2.25. The van der Waals surface area contributed by atoms with Crippen molar-refractivity contribution in [1.29, 1.82) is 0 Å². The molecule has 1 aromatic carbocycles. The van der Waals surface area contributed by atoms with Crippen molar-refractivity contribution in [3.05, 3.63) is 42.0 Å².